The smallest absolute Gasteiger partial charge is 0.352 e. The molecule has 20 heavy (non-hydrogen) atoms. The van der Waals surface area contributed by atoms with Crippen LogP contribution < -0.4 is 5.73 Å². The second-order valence-corrected chi connectivity index (χ2v) is 6.26. The van der Waals surface area contributed by atoms with Gasteiger partial charge in [-0.3, -0.25) is 9.69 Å². The van der Waals surface area contributed by atoms with Crippen LogP contribution in [0.1, 0.15) is 0 Å². The van der Waals surface area contributed by atoms with Crippen molar-refractivity contribution in [2.24, 2.45) is 5.73 Å². The van der Waals surface area contributed by atoms with Gasteiger partial charge in [0.05, 0.1) is 0 Å². The number of fused-ring (bicyclic) bond motifs is 1. The molecule has 0 radical (unpaired) electrons. The minimum absolute atomic E-state index is 0.0421. The molecule has 0 bridgehead atoms. The van der Waals surface area contributed by atoms with Gasteiger partial charge in [-0.25, -0.2) is 9.89 Å². The third-order valence-corrected chi connectivity index (χ3v) is 5.30. The number of carbonyl (C=O) groups is 2. The SMILES string of the molecule is NC1C(=O)N2C(C(=O)O)=C(CSc3nnn[nH]3)CS[C@@H]12. The molecule has 2 aliphatic rings. The molecule has 1 saturated heterocycles. The Morgan fingerprint density at radius 2 is 2.45 bits per heavy atom. The van der Waals surface area contributed by atoms with Gasteiger partial charge >= 0.3 is 5.97 Å². The van der Waals surface area contributed by atoms with Crippen LogP contribution in [0.25, 0.3) is 0 Å². The monoisotopic (exact) mass is 314 g/mol. The second-order valence-electron chi connectivity index (χ2n) is 4.19. The lowest BCUT2D eigenvalue weighted by Gasteiger charge is -2.48. The number of hydrogen-bond acceptors (Lipinski definition) is 8. The number of nitrogens with two attached hydrogens (primary N) is 1. The summed E-state index contributed by atoms with van der Waals surface area (Å²) in [6.07, 6.45) is 0. The number of carboxylic acids is 1. The average molecular weight is 314 g/mol. The van der Waals surface area contributed by atoms with Crippen molar-refractivity contribution < 1.29 is 14.7 Å². The van der Waals surface area contributed by atoms with Crippen LogP contribution in [0.3, 0.4) is 0 Å². The van der Waals surface area contributed by atoms with Gasteiger partial charge in [-0.2, -0.15) is 0 Å². The fourth-order valence-corrected chi connectivity index (χ4v) is 4.23. The van der Waals surface area contributed by atoms with Gasteiger partial charge in [0.2, 0.25) is 11.1 Å². The van der Waals surface area contributed by atoms with Crippen LogP contribution in [0, 0.1) is 0 Å². The summed E-state index contributed by atoms with van der Waals surface area (Å²) < 4.78 is 0. The Labute approximate surface area is 121 Å². The molecular weight excluding hydrogens is 304 g/mol. The highest BCUT2D eigenvalue weighted by Crippen LogP contribution is 2.40. The molecular formula is C9H10N6O3S2. The largest absolute Gasteiger partial charge is 0.477 e. The van der Waals surface area contributed by atoms with E-state index in [2.05, 4.69) is 20.6 Å². The third kappa shape index (κ3) is 2.07. The predicted molar refractivity (Wildman–Crippen MR) is 70.6 cm³/mol. The number of carbonyl (C=O) groups excluding carboxylic acids is 1. The van der Waals surface area contributed by atoms with Crippen molar-refractivity contribution in [1.29, 1.82) is 0 Å². The van der Waals surface area contributed by atoms with Crippen LogP contribution in [0.2, 0.25) is 0 Å². The molecule has 0 aliphatic carbocycles. The standard InChI is InChI=1S/C9H10N6O3S2/c10-4-6(16)15-5(8(17)18)3(1-19-7(4)15)2-20-9-11-13-14-12-9/h4,7H,1-2,10H2,(H,17,18)(H,11,12,13,14)/t4?,7-/m0/s1. The van der Waals surface area contributed by atoms with Crippen LogP contribution in [0.15, 0.2) is 16.4 Å². The third-order valence-electron chi connectivity index (χ3n) is 3.00. The van der Waals surface area contributed by atoms with Crippen LogP contribution in [0.4, 0.5) is 0 Å². The number of aliphatic carboxylic acids is 1. The summed E-state index contributed by atoms with van der Waals surface area (Å²) in [6, 6.07) is -0.609. The predicted octanol–water partition coefficient (Wildman–Crippen LogP) is -1.13. The van der Waals surface area contributed by atoms with Gasteiger partial charge in [0.15, 0.2) is 0 Å². The van der Waals surface area contributed by atoms with E-state index in [4.69, 9.17) is 5.73 Å². The zero-order valence-corrected chi connectivity index (χ0v) is 11.6. The Balaban J connectivity index is 1.82. The summed E-state index contributed by atoms with van der Waals surface area (Å²) in [5, 5.41) is 22.7. The van der Waals surface area contributed by atoms with Crippen LogP contribution >= 0.6 is 23.5 Å². The highest BCUT2D eigenvalue weighted by atomic mass is 32.2. The normalized spacial score (nSPS) is 25.4. The maximum absolute atomic E-state index is 11.7. The van der Waals surface area contributed by atoms with Crippen molar-refractivity contribution >= 4 is 35.4 Å². The van der Waals surface area contributed by atoms with Gasteiger partial charge in [0, 0.05) is 11.5 Å². The van der Waals surface area contributed by atoms with E-state index >= 15 is 0 Å². The molecule has 9 nitrogen and oxygen atoms in total. The number of thioether (sulfide) groups is 2. The molecule has 2 aliphatic heterocycles. The number of H-pyrrole nitrogens is 1. The number of aromatic amines is 1. The van der Waals surface area contributed by atoms with E-state index in [-0.39, 0.29) is 17.0 Å². The van der Waals surface area contributed by atoms with Gasteiger partial charge in [-0.1, -0.05) is 11.8 Å². The molecule has 1 aromatic heterocycles. The first-order chi connectivity index (χ1) is 9.59. The zero-order valence-electron chi connectivity index (χ0n) is 10.0. The summed E-state index contributed by atoms with van der Waals surface area (Å²) in [6.45, 7) is 0. The molecule has 3 rings (SSSR count). The number of nitrogens with zero attached hydrogens (tertiary/aromatic N) is 4. The molecule has 106 valence electrons. The number of aromatic nitrogens is 4. The second kappa shape index (κ2) is 5.07. The van der Waals surface area contributed by atoms with E-state index < -0.39 is 12.0 Å². The van der Waals surface area contributed by atoms with E-state index in [1.54, 1.807) is 0 Å². The van der Waals surface area contributed by atoms with E-state index in [0.29, 0.717) is 22.2 Å². The maximum atomic E-state index is 11.7. The van der Waals surface area contributed by atoms with Gasteiger partial charge in [-0.15, -0.1) is 16.9 Å². The Kier molecular flexibility index (Phi) is 3.40. The molecule has 11 heteroatoms. The fourth-order valence-electron chi connectivity index (χ4n) is 2.06. The van der Waals surface area contributed by atoms with Gasteiger partial charge in [-0.05, 0) is 16.0 Å². The quantitative estimate of drug-likeness (QED) is 0.465. The van der Waals surface area contributed by atoms with E-state index in [1.165, 1.54) is 28.4 Å². The summed E-state index contributed by atoms with van der Waals surface area (Å²) in [5.41, 5.74) is 6.38. The first-order valence-corrected chi connectivity index (χ1v) is 7.65. The van der Waals surface area contributed by atoms with E-state index in [1.807, 2.05) is 0 Å². The lowest BCUT2D eigenvalue weighted by Crippen LogP contribution is -2.68. The van der Waals surface area contributed by atoms with E-state index in [9.17, 15) is 14.7 Å². The highest BCUT2D eigenvalue weighted by Gasteiger charge is 2.51. The summed E-state index contributed by atoms with van der Waals surface area (Å²) >= 11 is 2.76. The van der Waals surface area contributed by atoms with Crippen molar-refractivity contribution in [2.45, 2.75) is 16.6 Å². The number of β-lactam (4-membered cyclic amide) rings is 1. The molecule has 0 saturated carbocycles. The van der Waals surface area contributed by atoms with Gasteiger partial charge < -0.3 is 10.8 Å². The maximum Gasteiger partial charge on any atom is 0.352 e. The molecule has 1 fully saturated rings. The number of carboxylic acid groups (broad SMARTS) is 1. The van der Waals surface area contributed by atoms with Crippen LogP contribution in [-0.2, 0) is 9.59 Å². The van der Waals surface area contributed by atoms with Crippen molar-refractivity contribution in [1.82, 2.24) is 25.5 Å². The lowest BCUT2D eigenvalue weighted by atomic mass is 10.0. The molecule has 1 unspecified atom stereocenters. The number of amides is 1. The number of hydrogen-bond donors (Lipinski definition) is 3. The van der Waals surface area contributed by atoms with Gasteiger partial charge in [0.1, 0.15) is 17.1 Å². The first-order valence-electron chi connectivity index (χ1n) is 5.61. The first kappa shape index (κ1) is 13.4. The summed E-state index contributed by atoms with van der Waals surface area (Å²) in [7, 11) is 0. The van der Waals surface area contributed by atoms with Crippen molar-refractivity contribution in [3.8, 4) is 0 Å². The Morgan fingerprint density at radius 3 is 3.10 bits per heavy atom. The molecule has 2 atom stereocenters. The molecule has 0 aromatic carbocycles. The Bertz CT molecular complexity index is 589. The van der Waals surface area contributed by atoms with Crippen molar-refractivity contribution in [3.63, 3.8) is 0 Å². The van der Waals surface area contributed by atoms with E-state index in [0.717, 1.165) is 0 Å². The average Bonchev–Trinajstić information content (AvgIpc) is 2.96. The highest BCUT2D eigenvalue weighted by molar-refractivity contribution is 8.01. The zero-order chi connectivity index (χ0) is 14.3. The summed E-state index contributed by atoms with van der Waals surface area (Å²) in [5.74, 6) is -0.527. The number of rotatable bonds is 4. The van der Waals surface area contributed by atoms with Crippen molar-refractivity contribution in [2.75, 3.05) is 11.5 Å². The molecule has 1 amide bonds. The molecule has 4 N–H and O–H groups in total. The van der Waals surface area contributed by atoms with Crippen LogP contribution in [0.5, 0.6) is 0 Å². The van der Waals surface area contributed by atoms with Crippen LogP contribution in [-0.4, -0.2) is 65.4 Å². The molecule has 3 heterocycles. The fraction of sp³-hybridized carbons (Fsp3) is 0.444. The minimum atomic E-state index is -1.11. The topological polar surface area (TPSA) is 138 Å². The summed E-state index contributed by atoms with van der Waals surface area (Å²) in [4.78, 5) is 24.4. The number of tetrazole rings is 1. The Hall–Kier alpha value is -1.59. The molecule has 1 aromatic rings. The van der Waals surface area contributed by atoms with Crippen molar-refractivity contribution in [3.05, 3.63) is 11.3 Å². The Morgan fingerprint density at radius 1 is 1.65 bits per heavy atom. The molecule has 0 spiro atoms. The minimum Gasteiger partial charge on any atom is -0.477 e. The van der Waals surface area contributed by atoms with Gasteiger partial charge in [0.25, 0.3) is 0 Å². The lowest BCUT2D eigenvalue weighted by molar-refractivity contribution is -0.147. The number of nitrogens with one attached hydrogen (secondary N) is 1.